The molecule has 0 aliphatic carbocycles. The number of nitrogens with one attached hydrogen (secondary N) is 1. The van der Waals surface area contributed by atoms with Crippen molar-refractivity contribution in [3.8, 4) is 0 Å². The minimum atomic E-state index is -0.217. The smallest absolute Gasteiger partial charge is 0.123 e. The Hall–Kier alpha value is -2.03. The number of anilines is 2. The summed E-state index contributed by atoms with van der Waals surface area (Å²) in [5.74, 6) is -0.217. The van der Waals surface area contributed by atoms with Crippen LogP contribution in [0.25, 0.3) is 0 Å². The number of hydrogen-bond acceptors (Lipinski definition) is 2. The Labute approximate surface area is 107 Å². The topological polar surface area (TPSA) is 38.0 Å². The number of aryl methyl sites for hydroxylation is 1. The highest BCUT2D eigenvalue weighted by molar-refractivity contribution is 5.57. The van der Waals surface area contributed by atoms with Crippen molar-refractivity contribution in [2.45, 2.75) is 19.9 Å². The van der Waals surface area contributed by atoms with Crippen molar-refractivity contribution in [3.63, 3.8) is 0 Å². The number of benzene rings is 2. The molecule has 2 aromatic rings. The quantitative estimate of drug-likeness (QED) is 0.804. The van der Waals surface area contributed by atoms with E-state index in [-0.39, 0.29) is 11.9 Å². The average Bonchev–Trinajstić information content (AvgIpc) is 2.28. The zero-order valence-corrected chi connectivity index (χ0v) is 10.6. The maximum atomic E-state index is 12.8. The minimum absolute atomic E-state index is 0.104. The third-order valence-electron chi connectivity index (χ3n) is 2.85. The zero-order valence-electron chi connectivity index (χ0n) is 10.6. The molecular weight excluding hydrogens is 227 g/mol. The first-order valence-electron chi connectivity index (χ1n) is 5.94. The SMILES string of the molecule is Cc1cc(N)cc(NC(C)c2ccc(F)cc2)c1. The van der Waals surface area contributed by atoms with E-state index in [4.69, 9.17) is 5.73 Å². The first kappa shape index (κ1) is 12.4. The third kappa shape index (κ3) is 3.00. The van der Waals surface area contributed by atoms with Crippen LogP contribution in [0.5, 0.6) is 0 Å². The van der Waals surface area contributed by atoms with E-state index < -0.39 is 0 Å². The molecule has 0 heterocycles. The number of nitrogens with two attached hydrogens (primary N) is 1. The van der Waals surface area contributed by atoms with Crippen molar-refractivity contribution < 1.29 is 4.39 Å². The summed E-state index contributed by atoms with van der Waals surface area (Å²) in [7, 11) is 0. The van der Waals surface area contributed by atoms with Gasteiger partial charge in [0.05, 0.1) is 0 Å². The number of halogens is 1. The normalized spacial score (nSPS) is 12.2. The van der Waals surface area contributed by atoms with E-state index in [1.165, 1.54) is 12.1 Å². The molecule has 0 bridgehead atoms. The Bertz CT molecular complexity index is 514. The van der Waals surface area contributed by atoms with Gasteiger partial charge < -0.3 is 11.1 Å². The van der Waals surface area contributed by atoms with Gasteiger partial charge in [0.15, 0.2) is 0 Å². The van der Waals surface area contributed by atoms with Crippen LogP contribution in [0.15, 0.2) is 42.5 Å². The van der Waals surface area contributed by atoms with Gasteiger partial charge in [-0.3, -0.25) is 0 Å². The van der Waals surface area contributed by atoms with Crippen molar-refractivity contribution in [3.05, 3.63) is 59.4 Å². The molecule has 0 spiro atoms. The predicted octanol–water partition coefficient (Wildman–Crippen LogP) is 3.89. The minimum Gasteiger partial charge on any atom is -0.399 e. The molecule has 1 unspecified atom stereocenters. The Morgan fingerprint density at radius 1 is 1.11 bits per heavy atom. The van der Waals surface area contributed by atoms with Crippen LogP contribution < -0.4 is 11.1 Å². The highest BCUT2D eigenvalue weighted by Gasteiger charge is 2.06. The summed E-state index contributed by atoms with van der Waals surface area (Å²) in [5.41, 5.74) is 9.67. The molecule has 0 saturated heterocycles. The fourth-order valence-electron chi connectivity index (χ4n) is 1.98. The van der Waals surface area contributed by atoms with Gasteiger partial charge in [0.1, 0.15) is 5.82 Å². The van der Waals surface area contributed by atoms with Gasteiger partial charge in [-0.2, -0.15) is 0 Å². The summed E-state index contributed by atoms with van der Waals surface area (Å²) in [5, 5.41) is 3.36. The summed E-state index contributed by atoms with van der Waals surface area (Å²) in [6.45, 7) is 4.04. The second-order valence-corrected chi connectivity index (χ2v) is 4.55. The molecule has 3 N–H and O–H groups in total. The van der Waals surface area contributed by atoms with Gasteiger partial charge in [-0.1, -0.05) is 12.1 Å². The monoisotopic (exact) mass is 244 g/mol. The third-order valence-corrected chi connectivity index (χ3v) is 2.85. The fourth-order valence-corrected chi connectivity index (χ4v) is 1.98. The van der Waals surface area contributed by atoms with Gasteiger partial charge in [-0.05, 0) is 55.3 Å². The summed E-state index contributed by atoms with van der Waals surface area (Å²) in [4.78, 5) is 0. The molecule has 0 saturated carbocycles. The molecule has 0 amide bonds. The van der Waals surface area contributed by atoms with Crippen LogP contribution in [-0.4, -0.2) is 0 Å². The van der Waals surface area contributed by atoms with E-state index in [0.29, 0.717) is 0 Å². The van der Waals surface area contributed by atoms with Crippen LogP contribution in [0.4, 0.5) is 15.8 Å². The largest absolute Gasteiger partial charge is 0.399 e. The second kappa shape index (κ2) is 5.08. The van der Waals surface area contributed by atoms with Crippen LogP contribution in [0.2, 0.25) is 0 Å². The summed E-state index contributed by atoms with van der Waals surface area (Å²) < 4.78 is 12.8. The highest BCUT2D eigenvalue weighted by Crippen LogP contribution is 2.22. The zero-order chi connectivity index (χ0) is 13.1. The summed E-state index contributed by atoms with van der Waals surface area (Å²) in [6.07, 6.45) is 0. The van der Waals surface area contributed by atoms with Gasteiger partial charge >= 0.3 is 0 Å². The van der Waals surface area contributed by atoms with Crippen molar-refractivity contribution in [2.75, 3.05) is 11.1 Å². The standard InChI is InChI=1S/C15H17FN2/c1-10-7-14(17)9-15(8-10)18-11(2)12-3-5-13(16)6-4-12/h3-9,11,18H,17H2,1-2H3. The summed E-state index contributed by atoms with van der Waals surface area (Å²) >= 11 is 0. The van der Waals surface area contributed by atoms with Crippen LogP contribution in [0, 0.1) is 12.7 Å². The van der Waals surface area contributed by atoms with Gasteiger partial charge in [0, 0.05) is 17.4 Å². The second-order valence-electron chi connectivity index (χ2n) is 4.55. The maximum Gasteiger partial charge on any atom is 0.123 e. The van der Waals surface area contributed by atoms with E-state index >= 15 is 0 Å². The Kier molecular flexibility index (Phi) is 3.51. The first-order valence-corrected chi connectivity index (χ1v) is 5.94. The van der Waals surface area contributed by atoms with Crippen LogP contribution in [0.1, 0.15) is 24.1 Å². The fraction of sp³-hybridized carbons (Fsp3) is 0.200. The maximum absolute atomic E-state index is 12.8. The summed E-state index contributed by atoms with van der Waals surface area (Å²) in [6, 6.07) is 12.5. The van der Waals surface area contributed by atoms with Gasteiger partial charge in [-0.25, -0.2) is 4.39 Å². The molecule has 0 aliphatic heterocycles. The number of rotatable bonds is 3. The molecule has 3 heteroatoms. The molecule has 0 aromatic heterocycles. The van der Waals surface area contributed by atoms with E-state index in [0.717, 1.165) is 22.5 Å². The van der Waals surface area contributed by atoms with E-state index in [1.54, 1.807) is 12.1 Å². The molecule has 2 nitrogen and oxygen atoms in total. The highest BCUT2D eigenvalue weighted by atomic mass is 19.1. The number of nitrogen functional groups attached to an aromatic ring is 1. The van der Waals surface area contributed by atoms with Crippen LogP contribution in [0.3, 0.4) is 0 Å². The Balaban J connectivity index is 2.15. The average molecular weight is 244 g/mol. The lowest BCUT2D eigenvalue weighted by Crippen LogP contribution is -2.07. The molecular formula is C15H17FN2. The lowest BCUT2D eigenvalue weighted by molar-refractivity contribution is 0.626. The lowest BCUT2D eigenvalue weighted by atomic mass is 10.1. The molecule has 2 rings (SSSR count). The molecule has 2 aromatic carbocycles. The predicted molar refractivity (Wildman–Crippen MR) is 74.0 cm³/mol. The van der Waals surface area contributed by atoms with E-state index in [1.807, 2.05) is 32.0 Å². The molecule has 0 radical (unpaired) electrons. The Morgan fingerprint density at radius 3 is 2.39 bits per heavy atom. The van der Waals surface area contributed by atoms with Crippen molar-refractivity contribution >= 4 is 11.4 Å². The van der Waals surface area contributed by atoms with Gasteiger partial charge in [0.2, 0.25) is 0 Å². The van der Waals surface area contributed by atoms with Crippen molar-refractivity contribution in [1.29, 1.82) is 0 Å². The van der Waals surface area contributed by atoms with Crippen LogP contribution in [-0.2, 0) is 0 Å². The van der Waals surface area contributed by atoms with E-state index in [9.17, 15) is 4.39 Å². The van der Waals surface area contributed by atoms with Gasteiger partial charge in [0.25, 0.3) is 0 Å². The van der Waals surface area contributed by atoms with Gasteiger partial charge in [-0.15, -0.1) is 0 Å². The molecule has 0 aliphatic rings. The van der Waals surface area contributed by atoms with E-state index in [2.05, 4.69) is 5.32 Å². The van der Waals surface area contributed by atoms with Crippen LogP contribution >= 0.6 is 0 Å². The van der Waals surface area contributed by atoms with Crippen molar-refractivity contribution in [2.24, 2.45) is 0 Å². The molecule has 18 heavy (non-hydrogen) atoms. The number of hydrogen-bond donors (Lipinski definition) is 2. The molecule has 94 valence electrons. The lowest BCUT2D eigenvalue weighted by Gasteiger charge is -2.16. The molecule has 1 atom stereocenters. The molecule has 0 fully saturated rings. The van der Waals surface area contributed by atoms with Crippen molar-refractivity contribution in [1.82, 2.24) is 0 Å². The first-order chi connectivity index (χ1) is 8.54. The Morgan fingerprint density at radius 2 is 1.78 bits per heavy atom.